The van der Waals surface area contributed by atoms with Crippen molar-refractivity contribution in [1.29, 1.82) is 0 Å². The number of halogens is 1. The summed E-state index contributed by atoms with van der Waals surface area (Å²) >= 11 is 0. The van der Waals surface area contributed by atoms with Crippen LogP contribution in [-0.2, 0) is 28.8 Å². The van der Waals surface area contributed by atoms with Crippen molar-refractivity contribution >= 4 is 27.2 Å². The minimum Gasteiger partial charge on any atom is -0.465 e. The number of fused-ring (bicyclic) bond motifs is 1. The van der Waals surface area contributed by atoms with Crippen LogP contribution in [0.4, 0.5) is 15.8 Å². The minimum atomic E-state index is -4.17. The molecule has 30 heavy (non-hydrogen) atoms. The largest absolute Gasteiger partial charge is 0.465 e. The molecule has 0 radical (unpaired) electrons. The van der Waals surface area contributed by atoms with Crippen LogP contribution in [0.3, 0.4) is 0 Å². The predicted molar refractivity (Wildman–Crippen MR) is 105 cm³/mol. The number of sulfone groups is 1. The third-order valence-electron chi connectivity index (χ3n) is 6.15. The fraction of sp³-hybridized carbons (Fsp3) is 0.550. The van der Waals surface area contributed by atoms with Gasteiger partial charge in [0.1, 0.15) is 5.82 Å². The number of hydrogen-bond donors (Lipinski definition) is 0. The first kappa shape index (κ1) is 19.8. The number of nitrogens with zero attached hydrogens (tertiary/aromatic N) is 2. The number of anilines is 2. The van der Waals surface area contributed by atoms with Gasteiger partial charge in [0.25, 0.3) is 0 Å². The molecular weight excluding hydrogens is 415 g/mol. The van der Waals surface area contributed by atoms with Gasteiger partial charge in [0.15, 0.2) is 10.7 Å². The average Bonchev–Trinajstić information content (AvgIpc) is 3.48. The summed E-state index contributed by atoms with van der Waals surface area (Å²) in [6.07, 6.45) is 4.30. The fourth-order valence-electron chi connectivity index (χ4n) is 4.37. The average molecular weight is 438 g/mol. The molecule has 0 N–H and O–H groups in total. The van der Waals surface area contributed by atoms with E-state index >= 15 is 4.39 Å². The Morgan fingerprint density at radius 1 is 1.17 bits per heavy atom. The molecule has 4 aliphatic rings. The van der Waals surface area contributed by atoms with Gasteiger partial charge in [-0.1, -0.05) is 0 Å². The van der Waals surface area contributed by atoms with Crippen molar-refractivity contribution in [3.63, 3.8) is 0 Å². The van der Waals surface area contributed by atoms with Crippen LogP contribution in [0.15, 0.2) is 28.1 Å². The molecule has 10 heteroatoms. The van der Waals surface area contributed by atoms with Crippen LogP contribution < -0.4 is 9.80 Å². The minimum absolute atomic E-state index is 0.0853. The van der Waals surface area contributed by atoms with E-state index in [1.165, 1.54) is 6.20 Å². The molecule has 0 unspecified atom stereocenters. The summed E-state index contributed by atoms with van der Waals surface area (Å²) in [6, 6.07) is 2.69. The second kappa shape index (κ2) is 6.93. The molecule has 3 heterocycles. The summed E-state index contributed by atoms with van der Waals surface area (Å²) in [5, 5.41) is 0. The Bertz CT molecular complexity index is 1020. The van der Waals surface area contributed by atoms with Crippen molar-refractivity contribution in [2.24, 2.45) is 0 Å². The third-order valence-corrected chi connectivity index (χ3v) is 7.91. The zero-order valence-electron chi connectivity index (χ0n) is 16.6. The quantitative estimate of drug-likeness (QED) is 0.662. The summed E-state index contributed by atoms with van der Waals surface area (Å²) in [5.74, 6) is -2.17. The highest BCUT2D eigenvalue weighted by atomic mass is 32.2. The highest BCUT2D eigenvalue weighted by Crippen LogP contribution is 2.45. The van der Waals surface area contributed by atoms with E-state index in [1.54, 1.807) is 11.0 Å². The lowest BCUT2D eigenvalue weighted by molar-refractivity contribution is -0.169. The Balaban J connectivity index is 1.52. The van der Waals surface area contributed by atoms with E-state index in [0.29, 0.717) is 50.5 Å². The molecular formula is C20H23FN2O6S. The van der Waals surface area contributed by atoms with Gasteiger partial charge in [-0.3, -0.25) is 0 Å². The van der Waals surface area contributed by atoms with Crippen LogP contribution in [0.1, 0.15) is 25.7 Å². The highest BCUT2D eigenvalue weighted by molar-refractivity contribution is 7.96. The molecule has 0 atom stereocenters. The van der Waals surface area contributed by atoms with Crippen LogP contribution >= 0.6 is 0 Å². The number of carbonyl (C=O) groups excluding carboxylic acids is 1. The Kier molecular flexibility index (Phi) is 4.57. The van der Waals surface area contributed by atoms with E-state index in [0.717, 1.165) is 26.0 Å². The lowest BCUT2D eigenvalue weighted by atomic mass is 10.0. The van der Waals surface area contributed by atoms with Crippen LogP contribution in [-0.4, -0.2) is 59.6 Å². The lowest BCUT2D eigenvalue weighted by Crippen LogP contribution is -2.45. The molecule has 2 saturated heterocycles. The molecule has 3 fully saturated rings. The van der Waals surface area contributed by atoms with Crippen molar-refractivity contribution in [3.05, 3.63) is 29.1 Å². The number of ether oxygens (including phenoxy) is 3. The first-order valence-corrected chi connectivity index (χ1v) is 11.5. The van der Waals surface area contributed by atoms with Crippen LogP contribution in [0.2, 0.25) is 0 Å². The van der Waals surface area contributed by atoms with Crippen LogP contribution in [0.5, 0.6) is 0 Å². The zero-order chi connectivity index (χ0) is 21.1. The first-order valence-electron chi connectivity index (χ1n) is 10.0. The number of carbonyl (C=O) groups is 1. The predicted octanol–water partition coefficient (Wildman–Crippen LogP) is 1.94. The Morgan fingerprint density at radius 2 is 1.83 bits per heavy atom. The Labute approximate surface area is 174 Å². The summed E-state index contributed by atoms with van der Waals surface area (Å²) in [5.41, 5.74) is 0.743. The molecule has 0 amide bonds. The zero-order valence-corrected chi connectivity index (χ0v) is 17.4. The number of methoxy groups -OCH3 is 1. The molecule has 3 aliphatic heterocycles. The molecule has 1 aromatic carbocycles. The van der Waals surface area contributed by atoms with E-state index in [4.69, 9.17) is 9.47 Å². The second-order valence-electron chi connectivity index (χ2n) is 7.99. The highest BCUT2D eigenvalue weighted by Gasteiger charge is 2.43. The molecule has 162 valence electrons. The van der Waals surface area contributed by atoms with Gasteiger partial charge in [-0.2, -0.15) is 0 Å². The lowest BCUT2D eigenvalue weighted by Gasteiger charge is -2.39. The summed E-state index contributed by atoms with van der Waals surface area (Å²) in [7, 11) is -3.05. The molecule has 1 spiro atoms. The SMILES string of the molecule is COC(=O)C1=CN(C2CC2)c2cc(N3CCC4(CC3)OCCO4)c(F)cc2S1(=O)=O. The van der Waals surface area contributed by atoms with Gasteiger partial charge in [-0.15, -0.1) is 0 Å². The monoisotopic (exact) mass is 438 g/mol. The van der Waals surface area contributed by atoms with E-state index < -0.39 is 32.3 Å². The Hall–Kier alpha value is -2.17. The van der Waals surface area contributed by atoms with Gasteiger partial charge in [0, 0.05) is 38.2 Å². The molecule has 0 aromatic heterocycles. The van der Waals surface area contributed by atoms with Crippen molar-refractivity contribution in [2.45, 2.75) is 42.4 Å². The van der Waals surface area contributed by atoms with Crippen molar-refractivity contribution in [1.82, 2.24) is 0 Å². The topological polar surface area (TPSA) is 85.4 Å². The molecule has 1 aromatic rings. The number of piperidine rings is 1. The molecule has 1 saturated carbocycles. The van der Waals surface area contributed by atoms with Gasteiger partial charge in [-0.25, -0.2) is 17.6 Å². The van der Waals surface area contributed by atoms with Gasteiger partial charge in [0.2, 0.25) is 9.84 Å². The van der Waals surface area contributed by atoms with E-state index in [-0.39, 0.29) is 10.9 Å². The maximum Gasteiger partial charge on any atom is 0.351 e. The van der Waals surface area contributed by atoms with Gasteiger partial charge in [0.05, 0.1) is 36.6 Å². The second-order valence-corrected chi connectivity index (χ2v) is 9.88. The summed E-state index contributed by atoms with van der Waals surface area (Å²) in [4.78, 5) is 15.1. The Morgan fingerprint density at radius 3 is 2.43 bits per heavy atom. The number of rotatable bonds is 3. The molecule has 5 rings (SSSR count). The maximum absolute atomic E-state index is 15.1. The van der Waals surface area contributed by atoms with Gasteiger partial charge >= 0.3 is 5.97 Å². The number of esters is 1. The standard InChI is InChI=1S/C20H23FN2O6S/c1-27-19(24)18-12-23(13-2-3-13)16-11-15(14(21)10-17(16)30(18,25)26)22-6-4-20(5-7-22)28-8-9-29-20/h10-13H,2-9H2,1H3. The van der Waals surface area contributed by atoms with Crippen LogP contribution in [0, 0.1) is 5.82 Å². The third kappa shape index (κ3) is 3.09. The van der Waals surface area contributed by atoms with Crippen molar-refractivity contribution in [3.8, 4) is 0 Å². The van der Waals surface area contributed by atoms with E-state index in [2.05, 4.69) is 4.74 Å². The molecule has 0 bridgehead atoms. The van der Waals surface area contributed by atoms with Crippen LogP contribution in [0.25, 0.3) is 0 Å². The normalized spacial score (nSPS) is 24.5. The summed E-state index contributed by atoms with van der Waals surface area (Å²) < 4.78 is 57.2. The van der Waals surface area contributed by atoms with Gasteiger partial charge < -0.3 is 24.0 Å². The summed E-state index contributed by atoms with van der Waals surface area (Å²) in [6.45, 7) is 2.21. The number of benzene rings is 1. The smallest absolute Gasteiger partial charge is 0.351 e. The molecule has 8 nitrogen and oxygen atoms in total. The molecule has 1 aliphatic carbocycles. The number of hydrogen-bond acceptors (Lipinski definition) is 8. The van der Waals surface area contributed by atoms with Crippen molar-refractivity contribution < 1.29 is 31.8 Å². The maximum atomic E-state index is 15.1. The van der Waals surface area contributed by atoms with Crippen molar-refractivity contribution in [2.75, 3.05) is 43.2 Å². The van der Waals surface area contributed by atoms with Gasteiger partial charge in [-0.05, 0) is 25.0 Å². The fourth-order valence-corrected chi connectivity index (χ4v) is 5.86. The van der Waals surface area contributed by atoms with E-state index in [1.807, 2.05) is 4.90 Å². The van der Waals surface area contributed by atoms with E-state index in [9.17, 15) is 13.2 Å². The first-order chi connectivity index (χ1) is 14.3.